The number of carbonyl (C=O) groups is 1. The first kappa shape index (κ1) is 13.0. The Balaban J connectivity index is 2.25. The molecule has 0 radical (unpaired) electrons. The summed E-state index contributed by atoms with van der Waals surface area (Å²) in [6, 6.07) is 3.76. The monoisotopic (exact) mass is 281 g/mol. The zero-order chi connectivity index (χ0) is 13.1. The number of rotatable bonds is 3. The number of nitrogens with zero attached hydrogens (tertiary/aromatic N) is 3. The molecule has 2 aromatic heterocycles. The van der Waals surface area contributed by atoms with Gasteiger partial charge in [0.15, 0.2) is 0 Å². The van der Waals surface area contributed by atoms with Gasteiger partial charge in [-0.05, 0) is 12.1 Å². The molecule has 6 heteroatoms. The predicted octanol–water partition coefficient (Wildman–Crippen LogP) is 2.49. The molecule has 0 aromatic carbocycles. The quantitative estimate of drug-likeness (QED) is 0.868. The van der Waals surface area contributed by atoms with Gasteiger partial charge >= 0.3 is 0 Å². The first-order valence-electron chi connectivity index (χ1n) is 5.33. The second-order valence-electron chi connectivity index (χ2n) is 3.94. The first-order valence-corrected chi connectivity index (χ1v) is 6.53. The van der Waals surface area contributed by atoms with Crippen LogP contribution >= 0.6 is 22.9 Å². The van der Waals surface area contributed by atoms with E-state index >= 15 is 0 Å². The maximum Gasteiger partial charge on any atom is 0.227 e. The van der Waals surface area contributed by atoms with Crippen LogP contribution in [0.5, 0.6) is 0 Å². The molecular weight excluding hydrogens is 270 g/mol. The van der Waals surface area contributed by atoms with Crippen LogP contribution < -0.4 is 0 Å². The number of amides is 1. The summed E-state index contributed by atoms with van der Waals surface area (Å²) in [5.41, 5.74) is 0.910. The summed E-state index contributed by atoms with van der Waals surface area (Å²) in [5.74, 6) is 0.0123. The molecule has 0 unspecified atom stereocenters. The number of pyridine rings is 1. The van der Waals surface area contributed by atoms with Gasteiger partial charge in [0, 0.05) is 32.1 Å². The van der Waals surface area contributed by atoms with Crippen LogP contribution in [0.2, 0.25) is 5.15 Å². The highest BCUT2D eigenvalue weighted by Gasteiger charge is 2.15. The Labute approximate surface area is 114 Å². The van der Waals surface area contributed by atoms with E-state index in [9.17, 15) is 4.79 Å². The standard InChI is InChI=1S/C12H12ClN3OS/c1-16(2)10(17)6-9-11(13)15-12(18-9)8-4-3-5-14-7-8/h3-5,7H,6H2,1-2H3. The molecule has 94 valence electrons. The van der Waals surface area contributed by atoms with Crippen LogP contribution in [-0.4, -0.2) is 34.9 Å². The van der Waals surface area contributed by atoms with Crippen LogP contribution in [0, 0.1) is 0 Å². The molecule has 0 spiro atoms. The van der Waals surface area contributed by atoms with Gasteiger partial charge in [0.2, 0.25) is 5.91 Å². The van der Waals surface area contributed by atoms with Crippen molar-refractivity contribution in [3.8, 4) is 10.6 Å². The molecule has 0 bridgehead atoms. The third-order valence-corrected chi connectivity index (χ3v) is 3.90. The number of halogens is 1. The second kappa shape index (κ2) is 5.46. The van der Waals surface area contributed by atoms with Gasteiger partial charge in [-0.15, -0.1) is 11.3 Å². The fourth-order valence-corrected chi connectivity index (χ4v) is 2.60. The van der Waals surface area contributed by atoms with E-state index < -0.39 is 0 Å². The van der Waals surface area contributed by atoms with E-state index in [4.69, 9.17) is 11.6 Å². The van der Waals surface area contributed by atoms with Crippen LogP contribution in [-0.2, 0) is 11.2 Å². The highest BCUT2D eigenvalue weighted by molar-refractivity contribution is 7.15. The van der Waals surface area contributed by atoms with E-state index in [1.165, 1.54) is 11.3 Å². The summed E-state index contributed by atoms with van der Waals surface area (Å²) in [6.45, 7) is 0. The SMILES string of the molecule is CN(C)C(=O)Cc1sc(-c2cccnc2)nc1Cl. The van der Waals surface area contributed by atoms with Gasteiger partial charge in [-0.25, -0.2) is 4.98 Å². The number of likely N-dealkylation sites (N-methyl/N-ethyl adjacent to an activating group) is 1. The number of carbonyl (C=O) groups excluding carboxylic acids is 1. The Bertz CT molecular complexity index is 554. The van der Waals surface area contributed by atoms with E-state index in [1.807, 2.05) is 12.1 Å². The van der Waals surface area contributed by atoms with Crippen LogP contribution in [0.3, 0.4) is 0 Å². The maximum atomic E-state index is 11.6. The third kappa shape index (κ3) is 2.86. The van der Waals surface area contributed by atoms with Crippen molar-refractivity contribution in [2.45, 2.75) is 6.42 Å². The molecule has 2 rings (SSSR count). The Morgan fingerprint density at radius 1 is 1.50 bits per heavy atom. The summed E-state index contributed by atoms with van der Waals surface area (Å²) < 4.78 is 0. The maximum absolute atomic E-state index is 11.6. The molecule has 0 aliphatic rings. The number of hydrogen-bond acceptors (Lipinski definition) is 4. The minimum atomic E-state index is 0.0123. The molecule has 0 atom stereocenters. The van der Waals surface area contributed by atoms with Crippen molar-refractivity contribution in [1.29, 1.82) is 0 Å². The van der Waals surface area contributed by atoms with Gasteiger partial charge in [0.05, 0.1) is 11.3 Å². The van der Waals surface area contributed by atoms with Crippen molar-refractivity contribution in [1.82, 2.24) is 14.9 Å². The largest absolute Gasteiger partial charge is 0.349 e. The Morgan fingerprint density at radius 2 is 2.28 bits per heavy atom. The van der Waals surface area contributed by atoms with E-state index in [-0.39, 0.29) is 12.3 Å². The summed E-state index contributed by atoms with van der Waals surface area (Å²) >= 11 is 7.48. The Morgan fingerprint density at radius 3 is 2.89 bits per heavy atom. The molecule has 2 aromatic rings. The highest BCUT2D eigenvalue weighted by Crippen LogP contribution is 2.30. The lowest BCUT2D eigenvalue weighted by molar-refractivity contribution is -0.127. The summed E-state index contributed by atoms with van der Waals surface area (Å²) in [6.07, 6.45) is 3.71. The lowest BCUT2D eigenvalue weighted by Crippen LogP contribution is -2.23. The molecule has 1 amide bonds. The normalized spacial score (nSPS) is 10.4. The Kier molecular flexibility index (Phi) is 3.93. The molecule has 18 heavy (non-hydrogen) atoms. The molecule has 0 aliphatic heterocycles. The summed E-state index contributed by atoms with van der Waals surface area (Å²) in [4.78, 5) is 22.3. The Hall–Kier alpha value is -1.46. The van der Waals surface area contributed by atoms with Crippen molar-refractivity contribution in [3.63, 3.8) is 0 Å². The van der Waals surface area contributed by atoms with Gasteiger partial charge in [-0.3, -0.25) is 9.78 Å². The fourth-order valence-electron chi connectivity index (χ4n) is 1.35. The first-order chi connectivity index (χ1) is 8.58. The molecule has 0 fully saturated rings. The van der Waals surface area contributed by atoms with Crippen molar-refractivity contribution < 1.29 is 4.79 Å². The van der Waals surface area contributed by atoms with E-state index in [1.54, 1.807) is 31.4 Å². The highest BCUT2D eigenvalue weighted by atomic mass is 35.5. The average Bonchev–Trinajstić information content (AvgIpc) is 2.72. The van der Waals surface area contributed by atoms with Crippen LogP contribution in [0.1, 0.15) is 4.88 Å². The van der Waals surface area contributed by atoms with Gasteiger partial charge in [0.25, 0.3) is 0 Å². The van der Waals surface area contributed by atoms with Crippen LogP contribution in [0.15, 0.2) is 24.5 Å². The molecule has 4 nitrogen and oxygen atoms in total. The molecule has 0 saturated heterocycles. The van der Waals surface area contributed by atoms with Gasteiger partial charge < -0.3 is 4.90 Å². The molecule has 0 saturated carbocycles. The van der Waals surface area contributed by atoms with E-state index in [0.717, 1.165) is 15.4 Å². The van der Waals surface area contributed by atoms with Gasteiger partial charge in [-0.1, -0.05) is 11.6 Å². The summed E-state index contributed by atoms with van der Waals surface area (Å²) in [7, 11) is 3.44. The zero-order valence-electron chi connectivity index (χ0n) is 10.1. The van der Waals surface area contributed by atoms with Gasteiger partial charge in [-0.2, -0.15) is 0 Å². The van der Waals surface area contributed by atoms with E-state index in [2.05, 4.69) is 9.97 Å². The van der Waals surface area contributed by atoms with Crippen LogP contribution in [0.25, 0.3) is 10.6 Å². The van der Waals surface area contributed by atoms with Gasteiger partial charge in [0.1, 0.15) is 10.2 Å². The van der Waals surface area contributed by atoms with Crippen molar-refractivity contribution >= 4 is 28.8 Å². The average molecular weight is 282 g/mol. The van der Waals surface area contributed by atoms with Crippen molar-refractivity contribution in [3.05, 3.63) is 34.6 Å². The molecular formula is C12H12ClN3OS. The molecule has 0 aliphatic carbocycles. The third-order valence-electron chi connectivity index (χ3n) is 2.37. The topological polar surface area (TPSA) is 46.1 Å². The minimum absolute atomic E-state index is 0.0123. The lowest BCUT2D eigenvalue weighted by atomic mass is 10.3. The van der Waals surface area contributed by atoms with Crippen molar-refractivity contribution in [2.75, 3.05) is 14.1 Å². The minimum Gasteiger partial charge on any atom is -0.349 e. The molecule has 2 heterocycles. The number of aromatic nitrogens is 2. The summed E-state index contributed by atoms with van der Waals surface area (Å²) in [5, 5.41) is 1.18. The molecule has 0 N–H and O–H groups in total. The number of hydrogen-bond donors (Lipinski definition) is 0. The second-order valence-corrected chi connectivity index (χ2v) is 5.38. The smallest absolute Gasteiger partial charge is 0.227 e. The predicted molar refractivity (Wildman–Crippen MR) is 72.8 cm³/mol. The van der Waals surface area contributed by atoms with E-state index in [0.29, 0.717) is 5.15 Å². The van der Waals surface area contributed by atoms with Crippen molar-refractivity contribution in [2.24, 2.45) is 0 Å². The fraction of sp³-hybridized carbons (Fsp3) is 0.250. The number of thiazole rings is 1. The lowest BCUT2D eigenvalue weighted by Gasteiger charge is -2.08. The zero-order valence-corrected chi connectivity index (χ0v) is 11.6. The van der Waals surface area contributed by atoms with Crippen LogP contribution in [0.4, 0.5) is 0 Å².